The van der Waals surface area contributed by atoms with Crippen LogP contribution in [-0.2, 0) is 16.0 Å². The van der Waals surface area contributed by atoms with Crippen molar-refractivity contribution >= 4 is 5.97 Å². The van der Waals surface area contributed by atoms with Gasteiger partial charge in [-0.15, -0.1) is 0 Å². The maximum Gasteiger partial charge on any atom is 0.306 e. The Morgan fingerprint density at radius 2 is 1.78 bits per heavy atom. The lowest BCUT2D eigenvalue weighted by Gasteiger charge is -2.50. The molecule has 4 rings (SSSR count). The summed E-state index contributed by atoms with van der Waals surface area (Å²) in [5.41, 5.74) is 2.96. The number of carbonyl (C=O) groups is 1. The van der Waals surface area contributed by atoms with E-state index in [9.17, 15) is 9.90 Å². The Morgan fingerprint density at radius 1 is 1.03 bits per heavy atom. The Bertz CT molecular complexity index is 772. The number of benzene rings is 1. The number of aryl methyl sites for hydroxylation is 1. The molecule has 0 amide bonds. The summed E-state index contributed by atoms with van der Waals surface area (Å²) >= 11 is 0. The Morgan fingerprint density at radius 3 is 2.56 bits per heavy atom. The standard InChI is InChI=1S/C29H44O3/c1-3-4-5-6-7-8-9-10-11-28(31)32-27-17-16-26-25-14-12-21-20-22(30)13-15-23(21)24(25)18-19-29(26,27)2/h13,15,20,24-27,30H,3-12,14,16-19H2,1-2H3. The maximum atomic E-state index is 12.6. The smallest absolute Gasteiger partial charge is 0.306 e. The van der Waals surface area contributed by atoms with Gasteiger partial charge in [0.1, 0.15) is 11.9 Å². The average Bonchev–Trinajstić information content (AvgIpc) is 3.11. The van der Waals surface area contributed by atoms with Crippen molar-refractivity contribution in [3.05, 3.63) is 29.3 Å². The van der Waals surface area contributed by atoms with Gasteiger partial charge in [0, 0.05) is 11.8 Å². The summed E-state index contributed by atoms with van der Waals surface area (Å²) in [4.78, 5) is 12.6. The zero-order chi connectivity index (χ0) is 22.6. The van der Waals surface area contributed by atoms with Crippen LogP contribution in [0.2, 0.25) is 0 Å². The van der Waals surface area contributed by atoms with Crippen molar-refractivity contribution in [3.8, 4) is 5.75 Å². The molecule has 0 aliphatic heterocycles. The van der Waals surface area contributed by atoms with E-state index in [1.54, 1.807) is 0 Å². The van der Waals surface area contributed by atoms with Crippen LogP contribution in [0.15, 0.2) is 18.2 Å². The van der Waals surface area contributed by atoms with Crippen LogP contribution >= 0.6 is 0 Å². The molecule has 3 heteroatoms. The molecule has 5 atom stereocenters. The molecule has 5 unspecified atom stereocenters. The third-order valence-electron chi connectivity index (χ3n) is 9.13. The van der Waals surface area contributed by atoms with E-state index in [0.29, 0.717) is 29.9 Å². The molecule has 0 aromatic heterocycles. The number of fused-ring (bicyclic) bond motifs is 5. The molecule has 1 aromatic rings. The number of hydrogen-bond donors (Lipinski definition) is 1. The van der Waals surface area contributed by atoms with E-state index in [1.807, 2.05) is 12.1 Å². The van der Waals surface area contributed by atoms with Gasteiger partial charge in [0.2, 0.25) is 0 Å². The average molecular weight is 441 g/mol. The van der Waals surface area contributed by atoms with Crippen LogP contribution in [0.25, 0.3) is 0 Å². The van der Waals surface area contributed by atoms with Gasteiger partial charge in [-0.3, -0.25) is 4.79 Å². The van der Waals surface area contributed by atoms with Gasteiger partial charge in [-0.25, -0.2) is 0 Å². The number of hydrogen-bond acceptors (Lipinski definition) is 3. The predicted octanol–water partition coefficient (Wildman–Crippen LogP) is 7.69. The second kappa shape index (κ2) is 10.6. The highest BCUT2D eigenvalue weighted by molar-refractivity contribution is 5.69. The number of rotatable bonds is 10. The summed E-state index contributed by atoms with van der Waals surface area (Å²) < 4.78 is 6.14. The van der Waals surface area contributed by atoms with Crippen LogP contribution < -0.4 is 0 Å². The van der Waals surface area contributed by atoms with Crippen molar-refractivity contribution in [2.45, 2.75) is 122 Å². The van der Waals surface area contributed by atoms with Crippen LogP contribution in [0.4, 0.5) is 0 Å². The van der Waals surface area contributed by atoms with E-state index < -0.39 is 0 Å². The van der Waals surface area contributed by atoms with Crippen LogP contribution in [-0.4, -0.2) is 17.2 Å². The molecule has 3 aliphatic carbocycles. The molecule has 3 aliphatic rings. The van der Waals surface area contributed by atoms with E-state index in [-0.39, 0.29) is 17.5 Å². The van der Waals surface area contributed by atoms with Gasteiger partial charge < -0.3 is 9.84 Å². The van der Waals surface area contributed by atoms with Crippen molar-refractivity contribution < 1.29 is 14.6 Å². The molecule has 0 heterocycles. The first-order chi connectivity index (χ1) is 15.5. The zero-order valence-electron chi connectivity index (χ0n) is 20.4. The summed E-state index contributed by atoms with van der Waals surface area (Å²) in [6.45, 7) is 4.66. The first kappa shape index (κ1) is 23.6. The van der Waals surface area contributed by atoms with E-state index in [1.165, 1.54) is 68.9 Å². The Labute approximate surface area is 195 Å². The minimum Gasteiger partial charge on any atom is -0.508 e. The summed E-state index contributed by atoms with van der Waals surface area (Å²) in [7, 11) is 0. The number of phenols is 1. The molecule has 0 spiro atoms. The molecular weight excluding hydrogens is 396 g/mol. The van der Waals surface area contributed by atoms with Crippen LogP contribution in [0, 0.1) is 17.3 Å². The molecule has 1 aromatic carbocycles. The van der Waals surface area contributed by atoms with Gasteiger partial charge in [0.15, 0.2) is 0 Å². The number of aromatic hydroxyl groups is 1. The van der Waals surface area contributed by atoms with Crippen LogP contribution in [0.1, 0.15) is 121 Å². The molecule has 0 bridgehead atoms. The lowest BCUT2D eigenvalue weighted by molar-refractivity contribution is -0.157. The molecule has 3 nitrogen and oxygen atoms in total. The van der Waals surface area contributed by atoms with Gasteiger partial charge >= 0.3 is 5.97 Å². The monoisotopic (exact) mass is 440 g/mol. The van der Waals surface area contributed by atoms with Crippen molar-refractivity contribution in [2.24, 2.45) is 17.3 Å². The molecule has 1 N–H and O–H groups in total. The summed E-state index contributed by atoms with van der Waals surface area (Å²) in [6.07, 6.45) is 17.6. The number of ether oxygens (including phenoxy) is 1. The summed E-state index contributed by atoms with van der Waals surface area (Å²) in [5.74, 6) is 2.40. The second-order valence-electron chi connectivity index (χ2n) is 11.1. The summed E-state index contributed by atoms with van der Waals surface area (Å²) in [6, 6.07) is 6.00. The Hall–Kier alpha value is -1.51. The number of esters is 1. The zero-order valence-corrected chi connectivity index (χ0v) is 20.4. The maximum absolute atomic E-state index is 12.6. The van der Waals surface area contributed by atoms with Gasteiger partial charge in [0.05, 0.1) is 0 Å². The predicted molar refractivity (Wildman–Crippen MR) is 130 cm³/mol. The van der Waals surface area contributed by atoms with Gasteiger partial charge in [0.25, 0.3) is 0 Å². The van der Waals surface area contributed by atoms with E-state index in [2.05, 4.69) is 19.9 Å². The highest BCUT2D eigenvalue weighted by atomic mass is 16.5. The quantitative estimate of drug-likeness (QED) is 0.299. The molecule has 32 heavy (non-hydrogen) atoms. The molecule has 0 saturated heterocycles. The fourth-order valence-electron chi connectivity index (χ4n) is 7.34. The van der Waals surface area contributed by atoms with Gasteiger partial charge in [-0.05, 0) is 86.0 Å². The Balaban J connectivity index is 1.26. The molecule has 0 radical (unpaired) electrons. The molecular formula is C29H44O3. The molecule has 178 valence electrons. The van der Waals surface area contributed by atoms with Gasteiger partial charge in [-0.1, -0.05) is 64.9 Å². The normalized spacial score (nSPS) is 30.9. The lowest BCUT2D eigenvalue weighted by atomic mass is 9.55. The van der Waals surface area contributed by atoms with Crippen molar-refractivity contribution in [1.82, 2.24) is 0 Å². The van der Waals surface area contributed by atoms with Crippen molar-refractivity contribution in [2.75, 3.05) is 0 Å². The van der Waals surface area contributed by atoms with E-state index >= 15 is 0 Å². The highest BCUT2D eigenvalue weighted by Gasteiger charge is 2.56. The highest BCUT2D eigenvalue weighted by Crippen LogP contribution is 2.61. The first-order valence-electron chi connectivity index (χ1n) is 13.5. The van der Waals surface area contributed by atoms with Crippen molar-refractivity contribution in [1.29, 1.82) is 0 Å². The van der Waals surface area contributed by atoms with E-state index in [4.69, 9.17) is 4.74 Å². The fraction of sp³-hybridized carbons (Fsp3) is 0.759. The molecule has 2 fully saturated rings. The van der Waals surface area contributed by atoms with Crippen LogP contribution in [0.5, 0.6) is 5.75 Å². The second-order valence-corrected chi connectivity index (χ2v) is 11.1. The SMILES string of the molecule is CCCCCCCCCCC(=O)OC1CCC2C3CCc4cc(O)ccc4C3CCC12C. The third kappa shape index (κ3) is 5.02. The first-order valence-corrected chi connectivity index (χ1v) is 13.5. The molecule has 2 saturated carbocycles. The third-order valence-corrected chi connectivity index (χ3v) is 9.13. The number of carbonyl (C=O) groups excluding carboxylic acids is 1. The lowest BCUT2D eigenvalue weighted by Crippen LogP contribution is -2.45. The minimum atomic E-state index is 0.0365. The fourth-order valence-corrected chi connectivity index (χ4v) is 7.34. The van der Waals surface area contributed by atoms with E-state index in [0.717, 1.165) is 32.1 Å². The summed E-state index contributed by atoms with van der Waals surface area (Å²) in [5, 5.41) is 9.88. The topological polar surface area (TPSA) is 46.5 Å². The van der Waals surface area contributed by atoms with Crippen LogP contribution in [0.3, 0.4) is 0 Å². The minimum absolute atomic E-state index is 0.0365. The number of phenolic OH excluding ortho intramolecular Hbond substituents is 1. The largest absolute Gasteiger partial charge is 0.508 e. The number of unbranched alkanes of at least 4 members (excludes halogenated alkanes) is 7. The Kier molecular flexibility index (Phi) is 7.84. The van der Waals surface area contributed by atoms with Crippen molar-refractivity contribution in [3.63, 3.8) is 0 Å². The van der Waals surface area contributed by atoms with Gasteiger partial charge in [-0.2, -0.15) is 0 Å².